The normalized spacial score (nSPS) is 16.3. The molecule has 0 aromatic carbocycles. The summed E-state index contributed by atoms with van der Waals surface area (Å²) in [5, 5.41) is 0. The predicted molar refractivity (Wildman–Crippen MR) is 96.3 cm³/mol. The zero-order valence-electron chi connectivity index (χ0n) is 15.9. The van der Waals surface area contributed by atoms with E-state index in [0.29, 0.717) is 24.7 Å². The van der Waals surface area contributed by atoms with Crippen LogP contribution in [-0.2, 0) is 19.3 Å². The summed E-state index contributed by atoms with van der Waals surface area (Å²) in [7, 11) is 0. The molecule has 2 aromatic rings. The summed E-state index contributed by atoms with van der Waals surface area (Å²) < 4.78 is 41.1. The fraction of sp³-hybridized carbons (Fsp3) is 0.611. The van der Waals surface area contributed by atoms with Crippen LogP contribution in [0.3, 0.4) is 0 Å². The molecule has 0 amide bonds. The van der Waals surface area contributed by atoms with Crippen LogP contribution in [-0.4, -0.2) is 50.6 Å². The van der Waals surface area contributed by atoms with Crippen molar-refractivity contribution >= 4 is 5.95 Å². The topological polar surface area (TPSA) is 50.1 Å². The molecular formula is C18H25F3N6. The Hall–Kier alpha value is -2.16. The standard InChI is InChI=1S/C18H25F3N6/c1-13(2)10-27-12-22-9-15(27)11-25-4-6-26(7-5-25)17-23-14(3)8-16(24-17)18(19,20)21/h8-9,12-13H,4-7,10-11H2,1-3H3. The molecular weight excluding hydrogens is 357 g/mol. The van der Waals surface area contributed by atoms with Crippen LogP contribution in [0, 0.1) is 12.8 Å². The number of imidazole rings is 1. The van der Waals surface area contributed by atoms with Crippen molar-refractivity contribution in [3.05, 3.63) is 35.7 Å². The highest BCUT2D eigenvalue weighted by molar-refractivity contribution is 5.34. The van der Waals surface area contributed by atoms with Gasteiger partial charge < -0.3 is 9.47 Å². The molecule has 0 radical (unpaired) electrons. The van der Waals surface area contributed by atoms with Crippen molar-refractivity contribution < 1.29 is 13.2 Å². The van der Waals surface area contributed by atoms with Crippen molar-refractivity contribution in [2.24, 2.45) is 5.92 Å². The molecule has 1 aliphatic rings. The Morgan fingerprint density at radius 1 is 1.11 bits per heavy atom. The molecule has 27 heavy (non-hydrogen) atoms. The van der Waals surface area contributed by atoms with Crippen LogP contribution < -0.4 is 4.90 Å². The van der Waals surface area contributed by atoms with Gasteiger partial charge in [0.15, 0.2) is 0 Å². The van der Waals surface area contributed by atoms with Gasteiger partial charge in [-0.1, -0.05) is 13.8 Å². The molecule has 0 spiro atoms. The van der Waals surface area contributed by atoms with Gasteiger partial charge in [0, 0.05) is 51.2 Å². The van der Waals surface area contributed by atoms with E-state index in [4.69, 9.17) is 0 Å². The third-order valence-corrected chi connectivity index (χ3v) is 4.53. The SMILES string of the molecule is Cc1cc(C(F)(F)F)nc(N2CCN(Cc3cncn3CC(C)C)CC2)n1. The lowest BCUT2D eigenvalue weighted by atomic mass is 10.2. The molecule has 0 unspecified atom stereocenters. The minimum Gasteiger partial charge on any atom is -0.338 e. The van der Waals surface area contributed by atoms with Crippen molar-refractivity contribution in [2.75, 3.05) is 31.1 Å². The lowest BCUT2D eigenvalue weighted by Crippen LogP contribution is -2.47. The van der Waals surface area contributed by atoms with E-state index in [1.165, 1.54) is 0 Å². The zero-order valence-corrected chi connectivity index (χ0v) is 15.9. The maximum Gasteiger partial charge on any atom is 0.433 e. The molecule has 3 rings (SSSR count). The highest BCUT2D eigenvalue weighted by Gasteiger charge is 2.34. The average molecular weight is 382 g/mol. The van der Waals surface area contributed by atoms with E-state index in [9.17, 15) is 13.2 Å². The van der Waals surface area contributed by atoms with E-state index in [0.717, 1.165) is 37.9 Å². The number of anilines is 1. The van der Waals surface area contributed by atoms with Crippen LogP contribution in [0.2, 0.25) is 0 Å². The van der Waals surface area contributed by atoms with E-state index in [1.807, 2.05) is 17.4 Å². The summed E-state index contributed by atoms with van der Waals surface area (Å²) in [6.45, 7) is 10.3. The van der Waals surface area contributed by atoms with Gasteiger partial charge in [0.1, 0.15) is 5.69 Å². The number of nitrogens with zero attached hydrogens (tertiary/aromatic N) is 6. The Balaban J connectivity index is 1.63. The third kappa shape index (κ3) is 4.97. The molecule has 148 valence electrons. The maximum atomic E-state index is 13.0. The zero-order chi connectivity index (χ0) is 19.6. The molecule has 0 atom stereocenters. The largest absolute Gasteiger partial charge is 0.433 e. The number of rotatable bonds is 5. The van der Waals surface area contributed by atoms with E-state index >= 15 is 0 Å². The Morgan fingerprint density at radius 3 is 2.44 bits per heavy atom. The molecule has 9 heteroatoms. The number of aryl methyl sites for hydroxylation is 1. The van der Waals surface area contributed by atoms with Crippen molar-refractivity contribution in [1.82, 2.24) is 24.4 Å². The van der Waals surface area contributed by atoms with Crippen molar-refractivity contribution in [3.8, 4) is 0 Å². The van der Waals surface area contributed by atoms with E-state index in [1.54, 1.807) is 6.92 Å². The van der Waals surface area contributed by atoms with Gasteiger partial charge in [-0.15, -0.1) is 0 Å². The van der Waals surface area contributed by atoms with Crippen molar-refractivity contribution in [3.63, 3.8) is 0 Å². The van der Waals surface area contributed by atoms with Gasteiger partial charge >= 0.3 is 6.18 Å². The van der Waals surface area contributed by atoms with Gasteiger partial charge in [-0.05, 0) is 18.9 Å². The number of hydrogen-bond acceptors (Lipinski definition) is 5. The summed E-state index contributed by atoms with van der Waals surface area (Å²) >= 11 is 0. The average Bonchev–Trinajstić information content (AvgIpc) is 3.00. The number of hydrogen-bond donors (Lipinski definition) is 0. The second-order valence-corrected chi connectivity index (χ2v) is 7.39. The van der Waals surface area contributed by atoms with Crippen LogP contribution in [0.25, 0.3) is 0 Å². The van der Waals surface area contributed by atoms with Crippen LogP contribution in [0.4, 0.5) is 19.1 Å². The Morgan fingerprint density at radius 2 is 1.81 bits per heavy atom. The Bertz CT molecular complexity index is 763. The van der Waals surface area contributed by atoms with Crippen molar-refractivity contribution in [2.45, 2.75) is 40.0 Å². The smallest absolute Gasteiger partial charge is 0.338 e. The second-order valence-electron chi connectivity index (χ2n) is 7.39. The van der Waals surface area contributed by atoms with Gasteiger partial charge in [-0.2, -0.15) is 13.2 Å². The summed E-state index contributed by atoms with van der Waals surface area (Å²) in [4.78, 5) is 16.3. The fourth-order valence-electron chi connectivity index (χ4n) is 3.21. The Kier molecular flexibility index (Phi) is 5.69. The number of aromatic nitrogens is 4. The molecule has 2 aromatic heterocycles. The summed E-state index contributed by atoms with van der Waals surface area (Å²) in [6.07, 6.45) is -0.724. The first kappa shape index (κ1) is 19.6. The van der Waals surface area contributed by atoms with Crippen LogP contribution >= 0.6 is 0 Å². The molecule has 3 heterocycles. The molecule has 6 nitrogen and oxygen atoms in total. The highest BCUT2D eigenvalue weighted by atomic mass is 19.4. The van der Waals surface area contributed by atoms with Gasteiger partial charge in [-0.25, -0.2) is 15.0 Å². The number of piperazine rings is 1. The lowest BCUT2D eigenvalue weighted by molar-refractivity contribution is -0.141. The molecule has 0 saturated carbocycles. The third-order valence-electron chi connectivity index (χ3n) is 4.53. The van der Waals surface area contributed by atoms with Crippen LogP contribution in [0.5, 0.6) is 0 Å². The van der Waals surface area contributed by atoms with Gasteiger partial charge in [0.2, 0.25) is 5.95 Å². The van der Waals surface area contributed by atoms with Crippen LogP contribution in [0.1, 0.15) is 30.9 Å². The monoisotopic (exact) mass is 382 g/mol. The summed E-state index contributed by atoms with van der Waals surface area (Å²) in [5.74, 6) is 0.697. The first-order chi connectivity index (χ1) is 12.7. The number of alkyl halides is 3. The molecule has 0 N–H and O–H groups in total. The predicted octanol–water partition coefficient (Wildman–Crippen LogP) is 2.98. The van der Waals surface area contributed by atoms with E-state index in [2.05, 4.69) is 38.3 Å². The first-order valence-electron chi connectivity index (χ1n) is 9.11. The summed E-state index contributed by atoms with van der Waals surface area (Å²) in [6, 6.07) is 0.982. The van der Waals surface area contributed by atoms with Gasteiger partial charge in [0.25, 0.3) is 0 Å². The minimum absolute atomic E-state index is 0.159. The van der Waals surface area contributed by atoms with Crippen LogP contribution in [0.15, 0.2) is 18.6 Å². The highest BCUT2D eigenvalue weighted by Crippen LogP contribution is 2.29. The maximum absolute atomic E-state index is 13.0. The number of halogens is 3. The second kappa shape index (κ2) is 7.84. The molecule has 1 aliphatic heterocycles. The molecule has 1 fully saturated rings. The van der Waals surface area contributed by atoms with E-state index in [-0.39, 0.29) is 5.95 Å². The quantitative estimate of drug-likeness (QED) is 0.796. The van der Waals surface area contributed by atoms with Gasteiger partial charge in [-0.3, -0.25) is 4.90 Å². The summed E-state index contributed by atoms with van der Waals surface area (Å²) in [5.41, 5.74) is 0.598. The first-order valence-corrected chi connectivity index (χ1v) is 9.11. The minimum atomic E-state index is -4.46. The van der Waals surface area contributed by atoms with Gasteiger partial charge in [0.05, 0.1) is 12.0 Å². The Labute approximate surface area is 157 Å². The lowest BCUT2D eigenvalue weighted by Gasteiger charge is -2.35. The molecule has 0 bridgehead atoms. The molecule has 1 saturated heterocycles. The van der Waals surface area contributed by atoms with Crippen molar-refractivity contribution in [1.29, 1.82) is 0 Å². The van der Waals surface area contributed by atoms with E-state index < -0.39 is 11.9 Å². The molecule has 0 aliphatic carbocycles. The fourth-order valence-corrected chi connectivity index (χ4v) is 3.21.